The van der Waals surface area contributed by atoms with E-state index >= 15 is 0 Å². The third kappa shape index (κ3) is 3.43. The van der Waals surface area contributed by atoms with Crippen LogP contribution in [0.3, 0.4) is 0 Å². The van der Waals surface area contributed by atoms with Crippen LogP contribution in [0.1, 0.15) is 11.1 Å². The molecule has 24 heavy (non-hydrogen) atoms. The Morgan fingerprint density at radius 1 is 0.875 bits per heavy atom. The molecule has 0 fully saturated rings. The van der Waals surface area contributed by atoms with Crippen molar-refractivity contribution in [3.8, 4) is 17.9 Å². The molecular weight excluding hydrogens is 296 g/mol. The van der Waals surface area contributed by atoms with Gasteiger partial charge < -0.3 is 4.74 Å². The Kier molecular flexibility index (Phi) is 4.56. The first-order valence-corrected chi connectivity index (χ1v) is 7.51. The number of hydrogen-bond donors (Lipinski definition) is 0. The van der Waals surface area contributed by atoms with Gasteiger partial charge in [-0.05, 0) is 40.1 Å². The summed E-state index contributed by atoms with van der Waals surface area (Å²) >= 11 is 0. The van der Waals surface area contributed by atoms with Crippen molar-refractivity contribution in [2.75, 3.05) is 0 Å². The number of benzene rings is 3. The number of fused-ring (bicyclic) bond motifs is 1. The second kappa shape index (κ2) is 7.13. The molecule has 0 saturated carbocycles. The molecule has 0 spiro atoms. The van der Waals surface area contributed by atoms with Crippen LogP contribution in [0.5, 0.6) is 5.75 Å². The van der Waals surface area contributed by atoms with Crippen molar-refractivity contribution in [2.24, 2.45) is 0 Å². The van der Waals surface area contributed by atoms with Gasteiger partial charge in [0.1, 0.15) is 30.1 Å². The summed E-state index contributed by atoms with van der Waals surface area (Å²) in [7, 11) is 0. The van der Waals surface area contributed by atoms with Gasteiger partial charge in [0.15, 0.2) is 0 Å². The second-order valence-corrected chi connectivity index (χ2v) is 5.28. The van der Waals surface area contributed by atoms with Crippen molar-refractivity contribution in [1.82, 2.24) is 0 Å². The maximum atomic E-state index is 8.77. The molecule has 0 aromatic heterocycles. The van der Waals surface area contributed by atoms with Crippen LogP contribution in [0.25, 0.3) is 16.8 Å². The van der Waals surface area contributed by atoms with Gasteiger partial charge in [0.2, 0.25) is 0 Å². The largest absolute Gasteiger partial charge is 0.489 e. The van der Waals surface area contributed by atoms with Crippen LogP contribution >= 0.6 is 0 Å². The lowest BCUT2D eigenvalue weighted by Gasteiger charge is -2.09. The highest BCUT2D eigenvalue weighted by Crippen LogP contribution is 2.21. The van der Waals surface area contributed by atoms with Gasteiger partial charge in [-0.2, -0.15) is 10.5 Å². The first-order chi connectivity index (χ1) is 11.8. The number of ether oxygens (including phenoxy) is 1. The van der Waals surface area contributed by atoms with Crippen LogP contribution in [-0.4, -0.2) is 0 Å². The summed E-state index contributed by atoms with van der Waals surface area (Å²) in [6.07, 6.45) is 1.55. The zero-order valence-electron chi connectivity index (χ0n) is 12.9. The van der Waals surface area contributed by atoms with E-state index in [1.807, 2.05) is 54.6 Å². The summed E-state index contributed by atoms with van der Waals surface area (Å²) in [5.41, 5.74) is 2.01. The lowest BCUT2D eigenvalue weighted by Crippen LogP contribution is -1.96. The molecule has 3 rings (SSSR count). The zero-order chi connectivity index (χ0) is 16.8. The highest BCUT2D eigenvalue weighted by molar-refractivity contribution is 5.85. The molecular formula is C21H14N2O. The van der Waals surface area contributed by atoms with Gasteiger partial charge >= 0.3 is 0 Å². The summed E-state index contributed by atoms with van der Waals surface area (Å²) in [6, 6.07) is 25.4. The van der Waals surface area contributed by atoms with Crippen LogP contribution < -0.4 is 4.74 Å². The standard InChI is InChI=1S/C21H14N2O/c22-13-17(14-23)12-16-8-10-20(11-9-16)24-15-19-6-3-5-18-4-1-2-7-21(18)19/h1-12H,15H2. The van der Waals surface area contributed by atoms with Gasteiger partial charge in [0.05, 0.1) is 0 Å². The number of nitrogens with zero attached hydrogens (tertiary/aromatic N) is 2. The van der Waals surface area contributed by atoms with Crippen molar-refractivity contribution in [1.29, 1.82) is 10.5 Å². The van der Waals surface area contributed by atoms with E-state index in [0.717, 1.165) is 16.9 Å². The van der Waals surface area contributed by atoms with Gasteiger partial charge in [-0.25, -0.2) is 0 Å². The zero-order valence-corrected chi connectivity index (χ0v) is 12.9. The smallest absolute Gasteiger partial charge is 0.130 e. The van der Waals surface area contributed by atoms with Gasteiger partial charge in [-0.1, -0.05) is 54.6 Å². The minimum atomic E-state index is 0.0828. The molecule has 114 valence electrons. The fourth-order valence-corrected chi connectivity index (χ4v) is 2.50. The monoisotopic (exact) mass is 310 g/mol. The lowest BCUT2D eigenvalue weighted by atomic mass is 10.1. The normalized spacial score (nSPS) is 9.75. The average molecular weight is 310 g/mol. The van der Waals surface area contributed by atoms with E-state index in [4.69, 9.17) is 15.3 Å². The summed E-state index contributed by atoms with van der Waals surface area (Å²) in [5.74, 6) is 0.746. The van der Waals surface area contributed by atoms with Crippen molar-refractivity contribution < 1.29 is 4.74 Å². The minimum Gasteiger partial charge on any atom is -0.489 e. The molecule has 3 aromatic carbocycles. The fourth-order valence-electron chi connectivity index (χ4n) is 2.50. The van der Waals surface area contributed by atoms with Crippen molar-refractivity contribution in [3.63, 3.8) is 0 Å². The highest BCUT2D eigenvalue weighted by atomic mass is 16.5. The minimum absolute atomic E-state index is 0.0828. The van der Waals surface area contributed by atoms with Gasteiger partial charge in [0.25, 0.3) is 0 Å². The SMILES string of the molecule is N#CC(C#N)=Cc1ccc(OCc2cccc3ccccc23)cc1. The molecule has 0 aliphatic carbocycles. The predicted molar refractivity (Wildman–Crippen MR) is 93.9 cm³/mol. The van der Waals surface area contributed by atoms with E-state index in [0.29, 0.717) is 6.61 Å². The highest BCUT2D eigenvalue weighted by Gasteiger charge is 2.02. The summed E-state index contributed by atoms with van der Waals surface area (Å²) < 4.78 is 5.86. The second-order valence-electron chi connectivity index (χ2n) is 5.28. The Hall–Kier alpha value is -3.56. The maximum Gasteiger partial charge on any atom is 0.130 e. The number of nitriles is 2. The Labute approximate surface area is 140 Å². The third-order valence-electron chi connectivity index (χ3n) is 3.71. The van der Waals surface area contributed by atoms with E-state index in [1.54, 1.807) is 6.08 Å². The molecule has 0 radical (unpaired) electrons. The van der Waals surface area contributed by atoms with E-state index in [1.165, 1.54) is 10.8 Å². The maximum absolute atomic E-state index is 8.77. The first kappa shape index (κ1) is 15.3. The molecule has 0 N–H and O–H groups in total. The molecule has 0 saturated heterocycles. The van der Waals surface area contributed by atoms with Crippen LogP contribution in [0.4, 0.5) is 0 Å². The molecule has 3 heteroatoms. The van der Waals surface area contributed by atoms with E-state index < -0.39 is 0 Å². The summed E-state index contributed by atoms with van der Waals surface area (Å²) in [4.78, 5) is 0. The first-order valence-electron chi connectivity index (χ1n) is 7.51. The third-order valence-corrected chi connectivity index (χ3v) is 3.71. The topological polar surface area (TPSA) is 56.8 Å². The van der Waals surface area contributed by atoms with Gasteiger partial charge in [0, 0.05) is 0 Å². The van der Waals surface area contributed by atoms with Crippen LogP contribution in [0.15, 0.2) is 72.3 Å². The van der Waals surface area contributed by atoms with Crippen molar-refractivity contribution in [3.05, 3.63) is 83.4 Å². The molecule has 0 unspecified atom stereocenters. The molecule has 3 aromatic rings. The van der Waals surface area contributed by atoms with Crippen LogP contribution in [0, 0.1) is 22.7 Å². The Morgan fingerprint density at radius 3 is 2.33 bits per heavy atom. The molecule has 0 atom stereocenters. The molecule has 0 aliphatic rings. The average Bonchev–Trinajstić information content (AvgIpc) is 2.65. The molecule has 0 heterocycles. The number of allylic oxidation sites excluding steroid dienone is 1. The van der Waals surface area contributed by atoms with E-state index in [-0.39, 0.29) is 5.57 Å². The summed E-state index contributed by atoms with van der Waals surface area (Å²) in [6.45, 7) is 0.484. The van der Waals surface area contributed by atoms with Crippen molar-refractivity contribution >= 4 is 16.8 Å². The summed E-state index contributed by atoms with van der Waals surface area (Å²) in [5, 5.41) is 19.9. The van der Waals surface area contributed by atoms with Gasteiger partial charge in [-0.15, -0.1) is 0 Å². The Bertz CT molecular complexity index is 952. The van der Waals surface area contributed by atoms with Gasteiger partial charge in [-0.3, -0.25) is 0 Å². The van der Waals surface area contributed by atoms with Crippen molar-refractivity contribution in [2.45, 2.75) is 6.61 Å². The van der Waals surface area contributed by atoms with Crippen LogP contribution in [0.2, 0.25) is 0 Å². The Balaban J connectivity index is 1.74. The molecule has 0 bridgehead atoms. The van der Waals surface area contributed by atoms with E-state index in [2.05, 4.69) is 24.3 Å². The predicted octanol–water partition coefficient (Wildman–Crippen LogP) is 4.85. The fraction of sp³-hybridized carbons (Fsp3) is 0.0476. The van der Waals surface area contributed by atoms with E-state index in [9.17, 15) is 0 Å². The lowest BCUT2D eigenvalue weighted by molar-refractivity contribution is 0.307. The Morgan fingerprint density at radius 2 is 1.58 bits per heavy atom. The molecule has 0 amide bonds. The quantitative estimate of drug-likeness (QED) is 0.647. The molecule has 3 nitrogen and oxygen atoms in total. The number of rotatable bonds is 4. The molecule has 0 aliphatic heterocycles. The number of hydrogen-bond acceptors (Lipinski definition) is 3. The van der Waals surface area contributed by atoms with Crippen LogP contribution in [-0.2, 0) is 6.61 Å².